The fraction of sp³-hybridized carbons (Fsp3) is 0.0278. The van der Waals surface area contributed by atoms with E-state index < -0.39 is 10.8 Å². The molecule has 2 heteroatoms. The van der Waals surface area contributed by atoms with Crippen molar-refractivity contribution in [3.05, 3.63) is 336 Å². The average Bonchev–Trinajstić information content (AvgIpc) is 4.12. The van der Waals surface area contributed by atoms with Crippen molar-refractivity contribution in [2.75, 3.05) is 9.80 Å². The van der Waals surface area contributed by atoms with Crippen molar-refractivity contribution in [2.24, 2.45) is 0 Å². The Morgan fingerprint density at radius 1 is 0.243 bits per heavy atom. The quantitative estimate of drug-likeness (QED) is 0.150. The summed E-state index contributed by atoms with van der Waals surface area (Å²) < 4.78 is 0. The number of nitrogens with zero attached hydrogens (tertiary/aromatic N) is 2. The minimum absolute atomic E-state index is 0.558. The summed E-state index contributed by atoms with van der Waals surface area (Å²) in [5, 5.41) is 2.45. The summed E-state index contributed by atoms with van der Waals surface area (Å²) >= 11 is 0. The maximum atomic E-state index is 2.55. The summed E-state index contributed by atoms with van der Waals surface area (Å²) in [6, 6.07) is 108. The van der Waals surface area contributed by atoms with E-state index in [1.54, 1.807) is 0 Å². The maximum absolute atomic E-state index is 2.55. The number of hydrogen-bond acceptors (Lipinski definition) is 2. The monoisotopic (exact) mass is 940 g/mol. The van der Waals surface area contributed by atoms with Gasteiger partial charge in [0.1, 0.15) is 0 Å². The van der Waals surface area contributed by atoms with Crippen LogP contribution in [-0.2, 0) is 10.8 Å². The van der Waals surface area contributed by atoms with Crippen LogP contribution in [0.2, 0.25) is 0 Å². The van der Waals surface area contributed by atoms with E-state index in [2.05, 4.69) is 301 Å². The third kappa shape index (κ3) is 5.82. The molecule has 0 radical (unpaired) electrons. The van der Waals surface area contributed by atoms with Crippen LogP contribution in [0.1, 0.15) is 44.5 Å². The molecule has 0 aromatic heterocycles. The smallest absolute Gasteiger partial charge is 0.0733 e. The van der Waals surface area contributed by atoms with Crippen molar-refractivity contribution in [1.29, 1.82) is 0 Å². The lowest BCUT2D eigenvalue weighted by molar-refractivity contribution is 0.768. The first-order valence-corrected chi connectivity index (χ1v) is 25.8. The predicted molar refractivity (Wildman–Crippen MR) is 307 cm³/mol. The Morgan fingerprint density at radius 2 is 0.676 bits per heavy atom. The van der Waals surface area contributed by atoms with Crippen LogP contribution < -0.4 is 9.80 Å². The molecule has 0 saturated heterocycles. The number of para-hydroxylation sites is 3. The number of rotatable bonds is 8. The topological polar surface area (TPSA) is 6.48 Å². The zero-order valence-electron chi connectivity index (χ0n) is 40.6. The van der Waals surface area contributed by atoms with E-state index in [4.69, 9.17) is 0 Å². The van der Waals surface area contributed by atoms with E-state index in [0.29, 0.717) is 0 Å². The Balaban J connectivity index is 1.04. The minimum Gasteiger partial charge on any atom is -0.310 e. The molecule has 3 aliphatic rings. The molecule has 3 aliphatic carbocycles. The number of anilines is 6. The number of fused-ring (bicyclic) bond motifs is 15. The third-order valence-corrected chi connectivity index (χ3v) is 16.3. The van der Waals surface area contributed by atoms with E-state index in [1.165, 1.54) is 88.7 Å². The van der Waals surface area contributed by atoms with E-state index in [1.807, 2.05) is 0 Å². The first-order valence-electron chi connectivity index (χ1n) is 25.8. The van der Waals surface area contributed by atoms with Crippen molar-refractivity contribution in [2.45, 2.75) is 10.8 Å². The summed E-state index contributed by atoms with van der Waals surface area (Å²) in [7, 11) is 0. The van der Waals surface area contributed by atoms with Gasteiger partial charge in [-0.3, -0.25) is 0 Å². The van der Waals surface area contributed by atoms with Crippen molar-refractivity contribution in [1.82, 2.24) is 0 Å². The molecule has 1 unspecified atom stereocenters. The standard InChI is InChI=1S/C72H48N2/c1-6-26-50(27-7-1)71(51-28-8-2-9-29-51)61-40-21-18-37-57(61)58-46-45-55(48-65(58)71)74(54-34-14-5-15-35-54)67-47-49-25-16-17-36-56(49)70-69(67)60-39-20-23-42-63(60)72(70)62-41-22-19-38-59(62)68-64(72)43-24-44-66(68)73(52-30-10-3-11-31-52)53-32-12-4-13-33-53/h1-48H. The third-order valence-electron chi connectivity index (χ3n) is 16.3. The molecule has 0 bridgehead atoms. The van der Waals surface area contributed by atoms with Gasteiger partial charge in [0.2, 0.25) is 0 Å². The van der Waals surface area contributed by atoms with E-state index in [9.17, 15) is 0 Å². The Labute approximate surface area is 432 Å². The highest BCUT2D eigenvalue weighted by Crippen LogP contribution is 2.68. The number of benzene rings is 12. The summed E-state index contributed by atoms with van der Waals surface area (Å²) in [4.78, 5) is 4.99. The second-order valence-electron chi connectivity index (χ2n) is 19.8. The highest BCUT2D eigenvalue weighted by molar-refractivity contribution is 6.11. The Morgan fingerprint density at radius 3 is 1.26 bits per heavy atom. The lowest BCUT2D eigenvalue weighted by atomic mass is 9.67. The fourth-order valence-corrected chi connectivity index (χ4v) is 13.5. The van der Waals surface area contributed by atoms with Crippen LogP contribution in [0, 0.1) is 0 Å². The second-order valence-corrected chi connectivity index (χ2v) is 19.8. The molecule has 1 spiro atoms. The van der Waals surface area contributed by atoms with Gasteiger partial charge in [-0.1, -0.05) is 231 Å². The second kappa shape index (κ2) is 16.5. The molecule has 12 aromatic rings. The highest BCUT2D eigenvalue weighted by Gasteiger charge is 2.54. The van der Waals surface area contributed by atoms with Crippen LogP contribution in [0.3, 0.4) is 0 Å². The molecule has 0 heterocycles. The van der Waals surface area contributed by atoms with Crippen LogP contribution in [0.4, 0.5) is 34.1 Å². The van der Waals surface area contributed by atoms with Gasteiger partial charge in [0.25, 0.3) is 0 Å². The van der Waals surface area contributed by atoms with E-state index in [-0.39, 0.29) is 0 Å². The van der Waals surface area contributed by atoms with Crippen LogP contribution in [0.5, 0.6) is 0 Å². The zero-order valence-corrected chi connectivity index (χ0v) is 40.6. The molecule has 15 rings (SSSR count). The lowest BCUT2D eigenvalue weighted by Crippen LogP contribution is -2.28. The summed E-state index contributed by atoms with van der Waals surface area (Å²) in [6.45, 7) is 0. The van der Waals surface area contributed by atoms with Crippen LogP contribution in [0.15, 0.2) is 291 Å². The molecule has 74 heavy (non-hydrogen) atoms. The van der Waals surface area contributed by atoms with Crippen LogP contribution in [-0.4, -0.2) is 0 Å². The van der Waals surface area contributed by atoms with Gasteiger partial charge in [0.05, 0.1) is 22.2 Å². The summed E-state index contributed by atoms with van der Waals surface area (Å²) in [5.74, 6) is 0. The molecule has 1 atom stereocenters. The minimum atomic E-state index is -0.653. The highest BCUT2D eigenvalue weighted by atomic mass is 15.2. The first-order chi connectivity index (χ1) is 36.8. The van der Waals surface area contributed by atoms with Gasteiger partial charge in [-0.2, -0.15) is 0 Å². The van der Waals surface area contributed by atoms with E-state index >= 15 is 0 Å². The normalized spacial score (nSPS) is 14.9. The molecular formula is C72H48N2. The zero-order chi connectivity index (χ0) is 48.8. The predicted octanol–water partition coefficient (Wildman–Crippen LogP) is 18.5. The largest absolute Gasteiger partial charge is 0.310 e. The van der Waals surface area contributed by atoms with Gasteiger partial charge < -0.3 is 9.80 Å². The number of hydrogen-bond donors (Lipinski definition) is 0. The van der Waals surface area contributed by atoms with Gasteiger partial charge in [0.15, 0.2) is 0 Å². The molecule has 346 valence electrons. The molecule has 0 fully saturated rings. The SMILES string of the molecule is c1ccc(N(c2ccccc2)c2cccc3c2-c2ccccc2C32c3ccccc3-c3c(N(c4ccccc4)c4ccc5c(c4)C(c4ccccc4)(c4ccccc4)c4ccccc4-5)cc4ccccc4c32)cc1. The van der Waals surface area contributed by atoms with Crippen LogP contribution in [0.25, 0.3) is 44.2 Å². The van der Waals surface area contributed by atoms with E-state index in [0.717, 1.165) is 34.1 Å². The summed E-state index contributed by atoms with van der Waals surface area (Å²) in [6.07, 6.45) is 0. The fourth-order valence-electron chi connectivity index (χ4n) is 13.5. The average molecular weight is 941 g/mol. The van der Waals surface area contributed by atoms with Gasteiger partial charge in [-0.15, -0.1) is 0 Å². The molecule has 0 amide bonds. The Hall–Kier alpha value is -9.50. The molecular weight excluding hydrogens is 893 g/mol. The molecule has 0 N–H and O–H groups in total. The van der Waals surface area contributed by atoms with Crippen molar-refractivity contribution >= 4 is 44.9 Å². The molecule has 2 nitrogen and oxygen atoms in total. The van der Waals surface area contributed by atoms with Gasteiger partial charge >= 0.3 is 0 Å². The van der Waals surface area contributed by atoms with Crippen molar-refractivity contribution in [3.63, 3.8) is 0 Å². The first kappa shape index (κ1) is 42.2. The maximum Gasteiger partial charge on any atom is 0.0733 e. The Bertz CT molecular complexity index is 4050. The van der Waals surface area contributed by atoms with Crippen molar-refractivity contribution < 1.29 is 0 Å². The molecule has 12 aromatic carbocycles. The van der Waals surface area contributed by atoms with Crippen molar-refractivity contribution in [3.8, 4) is 33.4 Å². The lowest BCUT2D eigenvalue weighted by Gasteiger charge is -2.35. The van der Waals surface area contributed by atoms with Gasteiger partial charge in [-0.25, -0.2) is 0 Å². The van der Waals surface area contributed by atoms with Crippen LogP contribution >= 0.6 is 0 Å². The molecule has 0 saturated carbocycles. The Kier molecular flexibility index (Phi) is 9.43. The molecule has 0 aliphatic heterocycles. The van der Waals surface area contributed by atoms with Gasteiger partial charge in [-0.05, 0) is 138 Å². The van der Waals surface area contributed by atoms with Gasteiger partial charge in [0, 0.05) is 33.9 Å². The summed E-state index contributed by atoms with van der Waals surface area (Å²) in [5.41, 5.74) is 23.3.